The Kier molecular flexibility index (Phi) is 5.42. The average Bonchev–Trinajstić information content (AvgIpc) is 3.39. The first kappa shape index (κ1) is 19.0. The predicted molar refractivity (Wildman–Crippen MR) is 103 cm³/mol. The number of thiocarbonyl (C=S) groups is 1. The fraction of sp³-hybridized carbons (Fsp3) is 0.500. The van der Waals surface area contributed by atoms with Crippen molar-refractivity contribution in [3.8, 4) is 0 Å². The molecule has 3 heterocycles. The predicted octanol–water partition coefficient (Wildman–Crippen LogP) is 1.90. The zero-order valence-electron chi connectivity index (χ0n) is 15.5. The van der Waals surface area contributed by atoms with E-state index in [9.17, 15) is 4.39 Å². The van der Waals surface area contributed by atoms with Gasteiger partial charge in [0.15, 0.2) is 5.79 Å². The number of H-pyrrole nitrogens is 1. The standard InChI is InChI=1S/C18H22FN5O3S/c1-25-17(28)21-16(14-11-20-23-22-14)12-2-3-15(13(19)10-12)24-6-4-18(5-7-24)26-8-9-27-18/h2-3,10-11,16H,4-9H2,1H3,(H,21,28)(H,20,22,23). The second-order valence-electron chi connectivity index (χ2n) is 6.77. The van der Waals surface area contributed by atoms with Crippen LogP contribution >= 0.6 is 12.2 Å². The van der Waals surface area contributed by atoms with E-state index in [0.29, 0.717) is 43.2 Å². The van der Waals surface area contributed by atoms with E-state index in [1.807, 2.05) is 11.0 Å². The van der Waals surface area contributed by atoms with Gasteiger partial charge in [0.1, 0.15) is 17.6 Å². The topological polar surface area (TPSA) is 84.5 Å². The summed E-state index contributed by atoms with van der Waals surface area (Å²) < 4.78 is 31.5. The molecule has 2 fully saturated rings. The molecule has 8 nitrogen and oxygen atoms in total. The molecular weight excluding hydrogens is 385 g/mol. The van der Waals surface area contributed by atoms with E-state index in [0.717, 1.165) is 12.8 Å². The Morgan fingerprint density at radius 2 is 2.11 bits per heavy atom. The molecule has 0 saturated carbocycles. The minimum atomic E-state index is -0.481. The highest BCUT2D eigenvalue weighted by Crippen LogP contribution is 2.34. The lowest BCUT2D eigenvalue weighted by Crippen LogP contribution is -2.45. The van der Waals surface area contributed by atoms with Crippen LogP contribution in [0.2, 0.25) is 0 Å². The zero-order chi connectivity index (χ0) is 19.6. The molecule has 0 aliphatic carbocycles. The summed E-state index contributed by atoms with van der Waals surface area (Å²) in [7, 11) is 1.47. The summed E-state index contributed by atoms with van der Waals surface area (Å²) in [6, 6.07) is 4.66. The Bertz CT molecular complexity index is 819. The van der Waals surface area contributed by atoms with Crippen LogP contribution in [-0.4, -0.2) is 59.8 Å². The molecule has 1 atom stereocenters. The number of nitrogens with one attached hydrogen (secondary N) is 2. The van der Waals surface area contributed by atoms with Gasteiger partial charge in [0.2, 0.25) is 0 Å². The van der Waals surface area contributed by atoms with E-state index in [1.54, 1.807) is 12.3 Å². The van der Waals surface area contributed by atoms with Gasteiger partial charge in [0, 0.05) is 32.1 Å². The molecule has 2 aliphatic heterocycles. The lowest BCUT2D eigenvalue weighted by Gasteiger charge is -2.38. The van der Waals surface area contributed by atoms with E-state index in [2.05, 4.69) is 20.7 Å². The van der Waals surface area contributed by atoms with Crippen LogP contribution in [-0.2, 0) is 14.2 Å². The second kappa shape index (κ2) is 7.98. The molecule has 2 aliphatic rings. The van der Waals surface area contributed by atoms with Gasteiger partial charge in [-0.05, 0) is 29.9 Å². The monoisotopic (exact) mass is 407 g/mol. The van der Waals surface area contributed by atoms with E-state index >= 15 is 0 Å². The quantitative estimate of drug-likeness (QED) is 0.744. The number of benzene rings is 1. The van der Waals surface area contributed by atoms with Crippen LogP contribution in [0.5, 0.6) is 0 Å². The number of nitrogens with zero attached hydrogens (tertiary/aromatic N) is 3. The number of hydrogen-bond donors (Lipinski definition) is 2. The maximum absolute atomic E-state index is 15.0. The third-order valence-electron chi connectivity index (χ3n) is 5.16. The number of piperidine rings is 1. The highest BCUT2D eigenvalue weighted by Gasteiger charge is 2.40. The van der Waals surface area contributed by atoms with Crippen molar-refractivity contribution in [1.82, 2.24) is 20.7 Å². The molecule has 1 spiro atoms. The number of rotatable bonds is 4. The van der Waals surface area contributed by atoms with Crippen molar-refractivity contribution >= 4 is 23.1 Å². The lowest BCUT2D eigenvalue weighted by molar-refractivity contribution is -0.169. The van der Waals surface area contributed by atoms with Crippen molar-refractivity contribution in [2.45, 2.75) is 24.7 Å². The molecule has 150 valence electrons. The maximum Gasteiger partial charge on any atom is 0.257 e. The Morgan fingerprint density at radius 1 is 1.36 bits per heavy atom. The summed E-state index contributed by atoms with van der Waals surface area (Å²) in [6.45, 7) is 2.61. The van der Waals surface area contributed by atoms with Gasteiger partial charge in [-0.2, -0.15) is 0 Å². The van der Waals surface area contributed by atoms with E-state index in [-0.39, 0.29) is 11.0 Å². The van der Waals surface area contributed by atoms with Crippen molar-refractivity contribution in [2.24, 2.45) is 0 Å². The molecule has 2 N–H and O–H groups in total. The summed E-state index contributed by atoms with van der Waals surface area (Å²) >= 11 is 5.10. The Morgan fingerprint density at radius 3 is 2.71 bits per heavy atom. The molecule has 0 bridgehead atoms. The molecule has 10 heteroatoms. The van der Waals surface area contributed by atoms with Crippen LogP contribution in [0.4, 0.5) is 10.1 Å². The molecule has 1 unspecified atom stereocenters. The van der Waals surface area contributed by atoms with E-state index in [1.165, 1.54) is 13.2 Å². The molecule has 1 aromatic carbocycles. The first-order valence-electron chi connectivity index (χ1n) is 9.13. The van der Waals surface area contributed by atoms with Gasteiger partial charge in [0.25, 0.3) is 5.17 Å². The first-order chi connectivity index (χ1) is 13.6. The molecule has 0 radical (unpaired) electrons. The third kappa shape index (κ3) is 3.80. The van der Waals surface area contributed by atoms with Crippen LogP contribution in [0.1, 0.15) is 30.1 Å². The van der Waals surface area contributed by atoms with Crippen LogP contribution in [0.15, 0.2) is 24.4 Å². The molecule has 0 amide bonds. The first-order valence-corrected chi connectivity index (χ1v) is 9.54. The van der Waals surface area contributed by atoms with Crippen molar-refractivity contribution in [3.63, 3.8) is 0 Å². The number of ether oxygens (including phenoxy) is 3. The molecule has 28 heavy (non-hydrogen) atoms. The fourth-order valence-corrected chi connectivity index (χ4v) is 3.81. The van der Waals surface area contributed by atoms with Gasteiger partial charge >= 0.3 is 0 Å². The average molecular weight is 407 g/mol. The molecule has 2 saturated heterocycles. The van der Waals surface area contributed by atoms with Gasteiger partial charge < -0.3 is 24.4 Å². The summed E-state index contributed by atoms with van der Waals surface area (Å²) in [5.74, 6) is -0.787. The van der Waals surface area contributed by atoms with Crippen molar-refractivity contribution in [1.29, 1.82) is 0 Å². The van der Waals surface area contributed by atoms with Gasteiger partial charge in [-0.3, -0.25) is 5.10 Å². The Labute approximate surface area is 167 Å². The van der Waals surface area contributed by atoms with Crippen LogP contribution in [0, 0.1) is 5.82 Å². The summed E-state index contributed by atoms with van der Waals surface area (Å²) in [4.78, 5) is 2.02. The summed E-state index contributed by atoms with van der Waals surface area (Å²) in [5.41, 5.74) is 1.82. The molecule has 2 aromatic rings. The summed E-state index contributed by atoms with van der Waals surface area (Å²) in [6.07, 6.45) is 3.08. The number of halogens is 1. The smallest absolute Gasteiger partial charge is 0.257 e. The third-order valence-corrected chi connectivity index (χ3v) is 5.45. The van der Waals surface area contributed by atoms with Crippen LogP contribution < -0.4 is 10.2 Å². The maximum atomic E-state index is 15.0. The van der Waals surface area contributed by atoms with Crippen LogP contribution in [0.25, 0.3) is 0 Å². The fourth-order valence-electron chi connectivity index (χ4n) is 3.69. The van der Waals surface area contributed by atoms with Gasteiger partial charge in [-0.15, -0.1) is 5.10 Å². The van der Waals surface area contributed by atoms with Crippen molar-refractivity contribution in [3.05, 3.63) is 41.5 Å². The molecule has 4 rings (SSSR count). The number of aromatic nitrogens is 3. The lowest BCUT2D eigenvalue weighted by atomic mass is 10.0. The number of hydrogen-bond acceptors (Lipinski definition) is 7. The minimum absolute atomic E-state index is 0.190. The van der Waals surface area contributed by atoms with Crippen molar-refractivity contribution in [2.75, 3.05) is 38.3 Å². The van der Waals surface area contributed by atoms with Crippen molar-refractivity contribution < 1.29 is 18.6 Å². The highest BCUT2D eigenvalue weighted by molar-refractivity contribution is 7.80. The zero-order valence-corrected chi connectivity index (χ0v) is 16.3. The molecular formula is C18H22FN5O3S. The SMILES string of the molecule is COC(=S)NC(c1ccc(N2CCC3(CC2)OCCO3)c(F)c1)c1c[nH]nn1. The Balaban J connectivity index is 1.52. The van der Waals surface area contributed by atoms with E-state index in [4.69, 9.17) is 26.4 Å². The van der Waals surface area contributed by atoms with Crippen LogP contribution in [0.3, 0.4) is 0 Å². The largest absolute Gasteiger partial charge is 0.474 e. The van der Waals surface area contributed by atoms with Gasteiger partial charge in [-0.25, -0.2) is 4.39 Å². The Hall–Kier alpha value is -2.30. The number of methoxy groups -OCH3 is 1. The second-order valence-corrected chi connectivity index (χ2v) is 7.14. The highest BCUT2D eigenvalue weighted by atomic mass is 32.1. The number of anilines is 1. The van der Waals surface area contributed by atoms with Gasteiger partial charge in [-0.1, -0.05) is 11.3 Å². The van der Waals surface area contributed by atoms with Gasteiger partial charge in [0.05, 0.1) is 26.0 Å². The van der Waals surface area contributed by atoms with E-state index < -0.39 is 11.8 Å². The summed E-state index contributed by atoms with van der Waals surface area (Å²) in [5, 5.41) is 13.6. The number of aromatic amines is 1. The molecule has 1 aromatic heterocycles. The minimum Gasteiger partial charge on any atom is -0.474 e. The normalized spacial score (nSPS) is 19.6.